The quantitative estimate of drug-likeness (QED) is 0.115. The van der Waals surface area contributed by atoms with Crippen LogP contribution < -0.4 is 21.9 Å². The van der Waals surface area contributed by atoms with E-state index >= 15 is 0 Å². The molecule has 1 aromatic rings. The number of nitrogens with two attached hydrogens (primary N) is 1. The van der Waals surface area contributed by atoms with Gasteiger partial charge in [-0.2, -0.15) is 0 Å². The van der Waals surface area contributed by atoms with Gasteiger partial charge in [0.15, 0.2) is 0 Å². The summed E-state index contributed by atoms with van der Waals surface area (Å²) in [6.07, 6.45) is 4.45. The first kappa shape index (κ1) is 22.6. The third-order valence-electron chi connectivity index (χ3n) is 4.98. The first-order chi connectivity index (χ1) is 14.1. The molecule has 1 fully saturated rings. The van der Waals surface area contributed by atoms with Crippen LogP contribution in [-0.4, -0.2) is 66.6 Å². The monoisotopic (exact) mass is 404 g/mol. The number of carbonyl (C=O) groups is 2. The minimum atomic E-state index is -1.18. The van der Waals surface area contributed by atoms with Crippen molar-refractivity contribution in [3.8, 4) is 0 Å². The van der Waals surface area contributed by atoms with Crippen LogP contribution >= 0.6 is 0 Å². The highest BCUT2D eigenvalue weighted by Crippen LogP contribution is 2.19. The Hall–Kier alpha value is -2.65. The van der Waals surface area contributed by atoms with E-state index in [-0.39, 0.29) is 11.9 Å². The molecule has 1 heterocycles. The van der Waals surface area contributed by atoms with Crippen molar-refractivity contribution in [1.82, 2.24) is 21.0 Å². The molecule has 0 radical (unpaired) electrons. The predicted octanol–water partition coefficient (Wildman–Crippen LogP) is 0.718. The molecule has 2 unspecified atom stereocenters. The number of nitrogens with zero attached hydrogens (tertiary/aromatic N) is 2. The second-order valence-corrected chi connectivity index (χ2v) is 7.13. The Morgan fingerprint density at radius 1 is 1.31 bits per heavy atom. The number of rotatable bonds is 12. The highest BCUT2D eigenvalue weighted by Gasteiger charge is 2.33. The van der Waals surface area contributed by atoms with Crippen molar-refractivity contribution < 1.29 is 14.7 Å². The van der Waals surface area contributed by atoms with Gasteiger partial charge >= 0.3 is 6.09 Å². The number of amides is 2. The Morgan fingerprint density at radius 3 is 2.83 bits per heavy atom. The van der Waals surface area contributed by atoms with Crippen molar-refractivity contribution in [2.24, 2.45) is 10.8 Å². The van der Waals surface area contributed by atoms with Crippen molar-refractivity contribution >= 4 is 18.3 Å². The van der Waals surface area contributed by atoms with Crippen molar-refractivity contribution in [1.29, 1.82) is 0 Å². The summed E-state index contributed by atoms with van der Waals surface area (Å²) < 4.78 is 0. The van der Waals surface area contributed by atoms with Crippen molar-refractivity contribution in [2.45, 2.75) is 44.2 Å². The lowest BCUT2D eigenvalue weighted by Crippen LogP contribution is -2.52. The SMILES string of the molecule is NNC=NCCCCNCC1CCCN1C(=O)C(Cc1ccccc1)NC(=O)O. The van der Waals surface area contributed by atoms with Crippen LogP contribution in [0.5, 0.6) is 0 Å². The van der Waals surface area contributed by atoms with Gasteiger partial charge in [-0.05, 0) is 37.8 Å². The van der Waals surface area contributed by atoms with Gasteiger partial charge in [-0.3, -0.25) is 9.79 Å². The minimum Gasteiger partial charge on any atom is -0.465 e. The van der Waals surface area contributed by atoms with Gasteiger partial charge in [0.05, 0.1) is 6.34 Å². The fraction of sp³-hybridized carbons (Fsp3) is 0.550. The summed E-state index contributed by atoms with van der Waals surface area (Å²) in [4.78, 5) is 30.2. The Balaban J connectivity index is 1.83. The molecule has 0 spiro atoms. The van der Waals surface area contributed by atoms with E-state index in [0.717, 1.165) is 44.3 Å². The van der Waals surface area contributed by atoms with Crippen molar-refractivity contribution in [3.63, 3.8) is 0 Å². The van der Waals surface area contributed by atoms with E-state index in [1.807, 2.05) is 35.2 Å². The van der Waals surface area contributed by atoms with E-state index in [0.29, 0.717) is 19.5 Å². The molecule has 1 aliphatic heterocycles. The molecule has 2 atom stereocenters. The van der Waals surface area contributed by atoms with Crippen LogP contribution in [0.25, 0.3) is 0 Å². The fourth-order valence-corrected chi connectivity index (χ4v) is 3.58. The number of likely N-dealkylation sites (tertiary alicyclic amines) is 1. The smallest absolute Gasteiger partial charge is 0.405 e. The molecule has 9 nitrogen and oxygen atoms in total. The first-order valence-electron chi connectivity index (χ1n) is 10.1. The minimum absolute atomic E-state index is 0.0934. The summed E-state index contributed by atoms with van der Waals surface area (Å²) in [6, 6.07) is 8.80. The average molecular weight is 405 g/mol. The van der Waals surface area contributed by atoms with Crippen LogP contribution in [0.4, 0.5) is 4.79 Å². The Labute approximate surface area is 171 Å². The number of hydrazine groups is 1. The highest BCUT2D eigenvalue weighted by atomic mass is 16.4. The predicted molar refractivity (Wildman–Crippen MR) is 113 cm³/mol. The van der Waals surface area contributed by atoms with Crippen LogP contribution in [-0.2, 0) is 11.2 Å². The number of carboxylic acid groups (broad SMARTS) is 1. The van der Waals surface area contributed by atoms with Crippen molar-refractivity contribution in [3.05, 3.63) is 35.9 Å². The number of nitrogens with one attached hydrogen (secondary N) is 3. The molecule has 0 saturated carbocycles. The number of hydrogen-bond acceptors (Lipinski definition) is 5. The summed E-state index contributed by atoms with van der Waals surface area (Å²) in [5.41, 5.74) is 3.30. The van der Waals surface area contributed by atoms with Gasteiger partial charge in [-0.1, -0.05) is 30.3 Å². The molecule has 9 heteroatoms. The Bertz CT molecular complexity index is 655. The van der Waals surface area contributed by atoms with E-state index in [9.17, 15) is 14.7 Å². The van der Waals surface area contributed by atoms with Gasteiger partial charge < -0.3 is 26.1 Å². The zero-order valence-corrected chi connectivity index (χ0v) is 16.7. The van der Waals surface area contributed by atoms with E-state index in [2.05, 4.69) is 21.1 Å². The summed E-state index contributed by atoms with van der Waals surface area (Å²) >= 11 is 0. The highest BCUT2D eigenvalue weighted by molar-refractivity contribution is 5.86. The van der Waals surface area contributed by atoms with Gasteiger partial charge in [0.1, 0.15) is 6.04 Å². The lowest BCUT2D eigenvalue weighted by molar-refractivity contribution is -0.134. The van der Waals surface area contributed by atoms with Crippen LogP contribution in [0.2, 0.25) is 0 Å². The summed E-state index contributed by atoms with van der Waals surface area (Å²) in [5, 5.41) is 15.0. The van der Waals surface area contributed by atoms with E-state index in [4.69, 9.17) is 5.84 Å². The van der Waals surface area contributed by atoms with Gasteiger partial charge in [0, 0.05) is 32.1 Å². The maximum atomic E-state index is 13.1. The Morgan fingerprint density at radius 2 is 2.10 bits per heavy atom. The molecule has 1 aromatic carbocycles. The molecule has 29 heavy (non-hydrogen) atoms. The van der Waals surface area contributed by atoms with Gasteiger partial charge in [-0.25, -0.2) is 10.6 Å². The van der Waals surface area contributed by atoms with Gasteiger partial charge in [0.2, 0.25) is 5.91 Å². The van der Waals surface area contributed by atoms with Gasteiger partial charge in [0.25, 0.3) is 0 Å². The molecule has 0 aliphatic carbocycles. The lowest BCUT2D eigenvalue weighted by atomic mass is 10.0. The van der Waals surface area contributed by atoms with E-state index in [1.165, 1.54) is 6.34 Å². The maximum Gasteiger partial charge on any atom is 0.405 e. The number of benzene rings is 1. The van der Waals surface area contributed by atoms with Crippen LogP contribution in [0, 0.1) is 0 Å². The fourth-order valence-electron chi connectivity index (χ4n) is 3.58. The normalized spacial score (nSPS) is 17.4. The zero-order chi connectivity index (χ0) is 20.9. The number of aliphatic imine (C=N–C) groups is 1. The third-order valence-corrected chi connectivity index (χ3v) is 4.98. The number of hydrogen-bond donors (Lipinski definition) is 5. The average Bonchev–Trinajstić information content (AvgIpc) is 3.18. The maximum absolute atomic E-state index is 13.1. The van der Waals surface area contributed by atoms with Crippen LogP contribution in [0.15, 0.2) is 35.3 Å². The standard InChI is InChI=1S/C20H32N6O3/c21-24-15-23-11-5-4-10-22-14-17-9-6-12-26(17)19(27)18(25-20(28)29)13-16-7-2-1-3-8-16/h1-3,7-8,15,17-18,22,25H,4-6,9-14,21H2,(H,23,24)(H,28,29). The molecule has 2 amide bonds. The second-order valence-electron chi connectivity index (χ2n) is 7.13. The van der Waals surface area contributed by atoms with E-state index in [1.54, 1.807) is 0 Å². The van der Waals surface area contributed by atoms with Gasteiger partial charge in [-0.15, -0.1) is 0 Å². The van der Waals surface area contributed by atoms with Crippen LogP contribution in [0.3, 0.4) is 0 Å². The molecule has 1 saturated heterocycles. The summed E-state index contributed by atoms with van der Waals surface area (Å²) in [5.74, 6) is 4.96. The second kappa shape index (κ2) is 12.7. The Kier molecular flexibility index (Phi) is 9.94. The molecule has 6 N–H and O–H groups in total. The molecule has 1 aliphatic rings. The summed E-state index contributed by atoms with van der Waals surface area (Å²) in [7, 11) is 0. The zero-order valence-electron chi connectivity index (χ0n) is 16.7. The molecule has 2 rings (SSSR count). The number of unbranched alkanes of at least 4 members (excludes halogenated alkanes) is 1. The molecular weight excluding hydrogens is 372 g/mol. The van der Waals surface area contributed by atoms with Crippen molar-refractivity contribution in [2.75, 3.05) is 26.2 Å². The van der Waals surface area contributed by atoms with Crippen LogP contribution in [0.1, 0.15) is 31.2 Å². The summed E-state index contributed by atoms with van der Waals surface area (Å²) in [6.45, 7) is 2.95. The lowest BCUT2D eigenvalue weighted by Gasteiger charge is -2.29. The molecular formula is C20H32N6O3. The number of carbonyl (C=O) groups excluding carboxylic acids is 1. The largest absolute Gasteiger partial charge is 0.465 e. The van der Waals surface area contributed by atoms with E-state index < -0.39 is 12.1 Å². The molecule has 160 valence electrons. The first-order valence-corrected chi connectivity index (χ1v) is 10.1. The topological polar surface area (TPSA) is 132 Å². The molecule has 0 aromatic heterocycles. The molecule has 0 bridgehead atoms. The third kappa shape index (κ3) is 8.08.